The van der Waals surface area contributed by atoms with E-state index in [2.05, 4.69) is 10.1 Å². The van der Waals surface area contributed by atoms with Crippen LogP contribution in [0.3, 0.4) is 0 Å². The number of methoxy groups -OCH3 is 1. The zero-order valence-electron chi connectivity index (χ0n) is 13.7. The molecular formula is C16H17FN4O4. The number of likely N-dealkylation sites (tertiary alicyclic amines) is 1. The van der Waals surface area contributed by atoms with E-state index in [1.54, 1.807) is 6.92 Å². The Bertz CT molecular complexity index is 805. The van der Waals surface area contributed by atoms with Gasteiger partial charge in [-0.25, -0.2) is 18.9 Å². The minimum Gasteiger partial charge on any atom is -0.480 e. The number of aryl methyl sites for hydroxylation is 1. The summed E-state index contributed by atoms with van der Waals surface area (Å²) in [6.45, 7) is 1.82. The number of rotatable bonds is 4. The SMILES string of the molecule is COC1CC(C(=O)O)N(C(=O)c2nc(C)n(-c3ccc(F)cc3)n2)C1. The first-order valence-corrected chi connectivity index (χ1v) is 7.67. The van der Waals surface area contributed by atoms with Crippen molar-refractivity contribution in [2.75, 3.05) is 13.7 Å². The second-order valence-corrected chi connectivity index (χ2v) is 5.78. The van der Waals surface area contributed by atoms with Crippen molar-refractivity contribution in [3.05, 3.63) is 41.7 Å². The number of carbonyl (C=O) groups excluding carboxylic acids is 1. The summed E-state index contributed by atoms with van der Waals surface area (Å²) >= 11 is 0. The molecular weight excluding hydrogens is 331 g/mol. The van der Waals surface area contributed by atoms with Gasteiger partial charge in [0.1, 0.15) is 17.7 Å². The summed E-state index contributed by atoms with van der Waals surface area (Å²) in [4.78, 5) is 29.4. The molecule has 1 aromatic heterocycles. The predicted octanol–water partition coefficient (Wildman–Crippen LogP) is 1.03. The van der Waals surface area contributed by atoms with E-state index >= 15 is 0 Å². The molecule has 0 spiro atoms. The summed E-state index contributed by atoms with van der Waals surface area (Å²) in [6, 6.07) is 4.62. The van der Waals surface area contributed by atoms with Crippen LogP contribution in [0.2, 0.25) is 0 Å². The van der Waals surface area contributed by atoms with E-state index in [4.69, 9.17) is 4.74 Å². The largest absolute Gasteiger partial charge is 0.480 e. The maximum Gasteiger partial charge on any atom is 0.326 e. The van der Waals surface area contributed by atoms with E-state index in [9.17, 15) is 19.1 Å². The van der Waals surface area contributed by atoms with Gasteiger partial charge in [0.25, 0.3) is 5.91 Å². The molecule has 2 aromatic rings. The number of aliphatic carboxylic acids is 1. The molecule has 8 nitrogen and oxygen atoms in total. The number of benzene rings is 1. The van der Waals surface area contributed by atoms with Gasteiger partial charge in [-0.05, 0) is 31.2 Å². The molecule has 2 atom stereocenters. The zero-order chi connectivity index (χ0) is 18.1. The summed E-state index contributed by atoms with van der Waals surface area (Å²) in [5.74, 6) is -1.72. The lowest BCUT2D eigenvalue weighted by atomic mass is 10.2. The molecule has 1 aliphatic heterocycles. The van der Waals surface area contributed by atoms with Crippen LogP contribution in [-0.2, 0) is 9.53 Å². The average Bonchev–Trinajstić information content (AvgIpc) is 3.19. The van der Waals surface area contributed by atoms with Gasteiger partial charge in [-0.15, -0.1) is 5.10 Å². The Morgan fingerprint density at radius 3 is 2.60 bits per heavy atom. The van der Waals surface area contributed by atoms with E-state index in [1.807, 2.05) is 0 Å². The van der Waals surface area contributed by atoms with Gasteiger partial charge < -0.3 is 14.7 Å². The monoisotopic (exact) mass is 348 g/mol. The normalized spacial score (nSPS) is 20.0. The second kappa shape index (κ2) is 6.60. The van der Waals surface area contributed by atoms with Crippen molar-refractivity contribution in [3.63, 3.8) is 0 Å². The molecule has 1 fully saturated rings. The van der Waals surface area contributed by atoms with Crippen molar-refractivity contribution in [2.24, 2.45) is 0 Å². The quantitative estimate of drug-likeness (QED) is 0.886. The highest BCUT2D eigenvalue weighted by Gasteiger charge is 2.41. The molecule has 3 rings (SSSR count). The predicted molar refractivity (Wildman–Crippen MR) is 83.9 cm³/mol. The zero-order valence-corrected chi connectivity index (χ0v) is 13.7. The molecule has 0 aliphatic carbocycles. The minimum absolute atomic E-state index is 0.107. The molecule has 1 amide bonds. The summed E-state index contributed by atoms with van der Waals surface area (Å²) in [7, 11) is 1.48. The molecule has 2 heterocycles. The van der Waals surface area contributed by atoms with Crippen LogP contribution in [0.15, 0.2) is 24.3 Å². The fraction of sp³-hybridized carbons (Fsp3) is 0.375. The van der Waals surface area contributed by atoms with Crippen LogP contribution in [0, 0.1) is 12.7 Å². The number of aromatic nitrogens is 3. The first-order chi connectivity index (χ1) is 11.9. The van der Waals surface area contributed by atoms with Crippen LogP contribution >= 0.6 is 0 Å². The maximum absolute atomic E-state index is 13.1. The van der Waals surface area contributed by atoms with Crippen LogP contribution < -0.4 is 0 Å². The van der Waals surface area contributed by atoms with E-state index in [0.29, 0.717) is 11.5 Å². The Kier molecular flexibility index (Phi) is 4.49. The van der Waals surface area contributed by atoms with Crippen molar-refractivity contribution in [3.8, 4) is 5.69 Å². The van der Waals surface area contributed by atoms with Gasteiger partial charge in [0.05, 0.1) is 11.8 Å². The van der Waals surface area contributed by atoms with E-state index < -0.39 is 17.9 Å². The number of hydrogen-bond acceptors (Lipinski definition) is 5. The molecule has 1 N–H and O–H groups in total. The molecule has 1 saturated heterocycles. The van der Waals surface area contributed by atoms with Gasteiger partial charge in [0, 0.05) is 20.1 Å². The third-order valence-electron chi connectivity index (χ3n) is 4.17. The lowest BCUT2D eigenvalue weighted by Crippen LogP contribution is -2.41. The Morgan fingerprint density at radius 2 is 2.00 bits per heavy atom. The van der Waals surface area contributed by atoms with Gasteiger partial charge in [0.2, 0.25) is 5.82 Å². The standard InChI is InChI=1S/C16H17FN4O4/c1-9-18-14(19-21(9)11-5-3-10(17)4-6-11)15(22)20-8-12(25-2)7-13(20)16(23)24/h3-6,12-13H,7-8H2,1-2H3,(H,23,24). The molecule has 1 aliphatic rings. The molecule has 0 bridgehead atoms. The Morgan fingerprint density at radius 1 is 1.32 bits per heavy atom. The molecule has 132 valence electrons. The van der Waals surface area contributed by atoms with Crippen molar-refractivity contribution < 1.29 is 23.8 Å². The fourth-order valence-electron chi connectivity index (χ4n) is 2.86. The number of carboxylic acids is 1. The summed E-state index contributed by atoms with van der Waals surface area (Å²) in [5.41, 5.74) is 0.552. The summed E-state index contributed by atoms with van der Waals surface area (Å²) in [6.07, 6.45) is -0.125. The fourth-order valence-corrected chi connectivity index (χ4v) is 2.86. The first-order valence-electron chi connectivity index (χ1n) is 7.67. The highest BCUT2D eigenvalue weighted by Crippen LogP contribution is 2.22. The lowest BCUT2D eigenvalue weighted by molar-refractivity contribution is -0.141. The molecule has 25 heavy (non-hydrogen) atoms. The first kappa shape index (κ1) is 17.0. The number of carboxylic acid groups (broad SMARTS) is 1. The molecule has 9 heteroatoms. The topological polar surface area (TPSA) is 97.5 Å². The number of ether oxygens (including phenoxy) is 1. The van der Waals surface area contributed by atoms with Crippen molar-refractivity contribution in [1.82, 2.24) is 19.7 Å². The van der Waals surface area contributed by atoms with E-state index in [-0.39, 0.29) is 30.7 Å². The number of hydrogen-bond donors (Lipinski definition) is 1. The van der Waals surface area contributed by atoms with Gasteiger partial charge in [0.15, 0.2) is 0 Å². The summed E-state index contributed by atoms with van der Waals surface area (Å²) < 4.78 is 19.6. The molecule has 2 unspecified atom stereocenters. The van der Waals surface area contributed by atoms with Crippen LogP contribution in [0.1, 0.15) is 22.9 Å². The van der Waals surface area contributed by atoms with Crippen molar-refractivity contribution in [1.29, 1.82) is 0 Å². The number of halogens is 1. The van der Waals surface area contributed by atoms with Gasteiger partial charge in [-0.1, -0.05) is 0 Å². The van der Waals surface area contributed by atoms with E-state index in [0.717, 1.165) is 0 Å². The Balaban J connectivity index is 1.89. The number of nitrogens with zero attached hydrogens (tertiary/aromatic N) is 4. The third-order valence-corrected chi connectivity index (χ3v) is 4.17. The molecule has 0 radical (unpaired) electrons. The summed E-state index contributed by atoms with van der Waals surface area (Å²) in [5, 5.41) is 13.5. The van der Waals surface area contributed by atoms with Gasteiger partial charge >= 0.3 is 5.97 Å². The highest BCUT2D eigenvalue weighted by atomic mass is 19.1. The van der Waals surface area contributed by atoms with Crippen LogP contribution in [0.4, 0.5) is 4.39 Å². The molecule has 1 aromatic carbocycles. The average molecular weight is 348 g/mol. The maximum atomic E-state index is 13.1. The second-order valence-electron chi connectivity index (χ2n) is 5.78. The van der Waals surface area contributed by atoms with Crippen LogP contribution in [0.5, 0.6) is 0 Å². The van der Waals surface area contributed by atoms with Gasteiger partial charge in [-0.2, -0.15) is 0 Å². The third kappa shape index (κ3) is 3.22. The Labute approximate surface area is 142 Å². The lowest BCUT2D eigenvalue weighted by Gasteiger charge is -2.19. The van der Waals surface area contributed by atoms with Gasteiger partial charge in [-0.3, -0.25) is 4.79 Å². The number of carbonyl (C=O) groups is 2. The van der Waals surface area contributed by atoms with Crippen molar-refractivity contribution >= 4 is 11.9 Å². The Hall–Kier alpha value is -2.81. The van der Waals surface area contributed by atoms with Crippen LogP contribution in [0.25, 0.3) is 5.69 Å². The smallest absolute Gasteiger partial charge is 0.326 e. The van der Waals surface area contributed by atoms with Crippen molar-refractivity contribution in [2.45, 2.75) is 25.5 Å². The van der Waals surface area contributed by atoms with E-state index in [1.165, 1.54) is 41.0 Å². The number of amides is 1. The highest BCUT2D eigenvalue weighted by molar-refractivity contribution is 5.94. The van der Waals surface area contributed by atoms with Crippen LogP contribution in [-0.4, -0.2) is 62.4 Å². The molecule has 0 saturated carbocycles. The minimum atomic E-state index is -1.09.